The van der Waals surface area contributed by atoms with Crippen LogP contribution in [0.2, 0.25) is 0 Å². The highest BCUT2D eigenvalue weighted by Crippen LogP contribution is 2.19. The van der Waals surface area contributed by atoms with Gasteiger partial charge in [0.2, 0.25) is 5.91 Å². The molecule has 0 aromatic carbocycles. The van der Waals surface area contributed by atoms with Crippen molar-refractivity contribution >= 4 is 11.9 Å². The molecule has 1 aliphatic heterocycles. The van der Waals surface area contributed by atoms with Crippen molar-refractivity contribution in [3.63, 3.8) is 0 Å². The Morgan fingerprint density at radius 1 is 1.39 bits per heavy atom. The fourth-order valence-corrected chi connectivity index (χ4v) is 2.26. The van der Waals surface area contributed by atoms with E-state index in [-0.39, 0.29) is 17.8 Å². The number of esters is 1. The normalized spacial score (nSPS) is 20.7. The molecule has 1 saturated heterocycles. The maximum Gasteiger partial charge on any atom is 0.310 e. The monoisotopic (exact) mass is 253 g/mol. The van der Waals surface area contributed by atoms with Crippen molar-refractivity contribution in [3.8, 4) is 0 Å². The smallest absolute Gasteiger partial charge is 0.310 e. The van der Waals surface area contributed by atoms with Crippen LogP contribution in [0.1, 0.15) is 40.0 Å². The second kappa shape index (κ2) is 7.19. The third kappa shape index (κ3) is 3.86. The summed E-state index contributed by atoms with van der Waals surface area (Å²) in [5.41, 5.74) is 0.766. The minimum Gasteiger partial charge on any atom is -0.466 e. The highest BCUT2D eigenvalue weighted by atomic mass is 16.5. The zero-order valence-corrected chi connectivity index (χ0v) is 11.6. The lowest BCUT2D eigenvalue weighted by Gasteiger charge is -2.31. The minimum absolute atomic E-state index is 0.0471. The first-order valence-electron chi connectivity index (χ1n) is 6.72. The van der Waals surface area contributed by atoms with Gasteiger partial charge in [-0.3, -0.25) is 9.59 Å². The summed E-state index contributed by atoms with van der Waals surface area (Å²) in [6, 6.07) is 0. The van der Waals surface area contributed by atoms with Crippen LogP contribution in [0.4, 0.5) is 0 Å². The van der Waals surface area contributed by atoms with E-state index in [1.165, 1.54) is 0 Å². The van der Waals surface area contributed by atoms with Crippen molar-refractivity contribution in [1.82, 2.24) is 4.90 Å². The summed E-state index contributed by atoms with van der Waals surface area (Å²) in [7, 11) is 0. The number of piperidine rings is 1. The molecule has 4 heteroatoms. The number of hydrogen-bond acceptors (Lipinski definition) is 3. The summed E-state index contributed by atoms with van der Waals surface area (Å²) in [6.07, 6.45) is 4.47. The fourth-order valence-electron chi connectivity index (χ4n) is 2.26. The van der Waals surface area contributed by atoms with Gasteiger partial charge in [0, 0.05) is 18.7 Å². The van der Waals surface area contributed by atoms with Crippen LogP contribution in [-0.4, -0.2) is 36.5 Å². The van der Waals surface area contributed by atoms with Crippen LogP contribution in [0, 0.1) is 5.92 Å². The summed E-state index contributed by atoms with van der Waals surface area (Å²) in [5, 5.41) is 0. The first-order chi connectivity index (χ1) is 8.60. The molecule has 0 radical (unpaired) electrons. The molecule has 0 aliphatic carbocycles. The lowest BCUT2D eigenvalue weighted by molar-refractivity contribution is -0.150. The molecule has 0 saturated carbocycles. The Morgan fingerprint density at radius 3 is 2.72 bits per heavy atom. The predicted octanol–water partition coefficient (Wildman–Crippen LogP) is 2.14. The maximum atomic E-state index is 12.1. The van der Waals surface area contributed by atoms with Crippen LogP contribution in [0.15, 0.2) is 11.6 Å². The first kappa shape index (κ1) is 14.7. The van der Waals surface area contributed by atoms with E-state index in [9.17, 15) is 9.59 Å². The molecule has 0 spiro atoms. The Hall–Kier alpha value is -1.32. The van der Waals surface area contributed by atoms with E-state index < -0.39 is 0 Å². The first-order valence-corrected chi connectivity index (χ1v) is 6.72. The number of nitrogens with zero attached hydrogens (tertiary/aromatic N) is 1. The van der Waals surface area contributed by atoms with Crippen LogP contribution in [0.3, 0.4) is 0 Å². The number of amides is 1. The van der Waals surface area contributed by atoms with Gasteiger partial charge in [0.15, 0.2) is 0 Å². The van der Waals surface area contributed by atoms with Crippen molar-refractivity contribution in [1.29, 1.82) is 0 Å². The molecule has 0 bridgehead atoms. The third-order valence-corrected chi connectivity index (χ3v) is 3.18. The zero-order chi connectivity index (χ0) is 13.5. The number of carbonyl (C=O) groups excluding carboxylic acids is 2. The van der Waals surface area contributed by atoms with Crippen molar-refractivity contribution in [2.45, 2.75) is 40.0 Å². The Labute approximate surface area is 109 Å². The summed E-state index contributed by atoms with van der Waals surface area (Å²) in [4.78, 5) is 25.6. The van der Waals surface area contributed by atoms with E-state index in [0.717, 1.165) is 31.4 Å². The van der Waals surface area contributed by atoms with E-state index in [2.05, 4.69) is 0 Å². The van der Waals surface area contributed by atoms with Crippen molar-refractivity contribution in [2.24, 2.45) is 5.92 Å². The van der Waals surface area contributed by atoms with Crippen LogP contribution >= 0.6 is 0 Å². The van der Waals surface area contributed by atoms with Crippen molar-refractivity contribution in [2.75, 3.05) is 19.7 Å². The van der Waals surface area contributed by atoms with E-state index in [1.54, 1.807) is 11.8 Å². The highest BCUT2D eigenvalue weighted by Gasteiger charge is 2.29. The average molecular weight is 253 g/mol. The molecule has 1 amide bonds. The number of hydrogen-bond donors (Lipinski definition) is 0. The number of ether oxygens (including phenoxy) is 1. The summed E-state index contributed by atoms with van der Waals surface area (Å²) in [5.74, 6) is -0.282. The van der Waals surface area contributed by atoms with Gasteiger partial charge in [-0.1, -0.05) is 13.0 Å². The summed E-state index contributed by atoms with van der Waals surface area (Å²) in [6.45, 7) is 7.28. The molecule has 4 nitrogen and oxygen atoms in total. The number of likely N-dealkylation sites (tertiary alicyclic amines) is 1. The van der Waals surface area contributed by atoms with Crippen molar-refractivity contribution in [3.05, 3.63) is 11.6 Å². The second-order valence-corrected chi connectivity index (χ2v) is 4.64. The molecular formula is C14H23NO3. The van der Waals surface area contributed by atoms with E-state index in [1.807, 2.05) is 19.9 Å². The number of rotatable bonds is 4. The fraction of sp³-hybridized carbons (Fsp3) is 0.714. The van der Waals surface area contributed by atoms with Crippen LogP contribution in [0.5, 0.6) is 0 Å². The van der Waals surface area contributed by atoms with Gasteiger partial charge in [-0.05, 0) is 33.1 Å². The molecular weight excluding hydrogens is 230 g/mol. The summed E-state index contributed by atoms with van der Waals surface area (Å²) < 4.78 is 5.03. The Balaban J connectivity index is 2.61. The van der Waals surface area contributed by atoms with Gasteiger partial charge in [0.1, 0.15) is 0 Å². The molecule has 1 heterocycles. The summed E-state index contributed by atoms with van der Waals surface area (Å²) >= 11 is 0. The second-order valence-electron chi connectivity index (χ2n) is 4.64. The van der Waals surface area contributed by atoms with Crippen LogP contribution in [0.25, 0.3) is 0 Å². The molecule has 0 aromatic rings. The number of carbonyl (C=O) groups is 2. The molecule has 18 heavy (non-hydrogen) atoms. The van der Waals surface area contributed by atoms with Gasteiger partial charge in [0.05, 0.1) is 12.5 Å². The minimum atomic E-state index is -0.174. The van der Waals surface area contributed by atoms with Crippen LogP contribution in [-0.2, 0) is 14.3 Å². The largest absolute Gasteiger partial charge is 0.466 e. The van der Waals surface area contributed by atoms with Crippen molar-refractivity contribution < 1.29 is 14.3 Å². The topological polar surface area (TPSA) is 46.6 Å². The van der Waals surface area contributed by atoms with Gasteiger partial charge in [-0.2, -0.15) is 0 Å². The Morgan fingerprint density at radius 2 is 2.11 bits per heavy atom. The standard InChI is InChI=1S/C14H23NO3/c1-4-7-11(3)13(16)15-9-6-8-12(10-15)14(17)18-5-2/h7,12H,4-6,8-10H2,1-3H3/b11-7+. The highest BCUT2D eigenvalue weighted by molar-refractivity contribution is 5.93. The Bertz CT molecular complexity index is 336. The molecule has 0 aromatic heterocycles. The molecule has 102 valence electrons. The van der Waals surface area contributed by atoms with E-state index in [4.69, 9.17) is 4.74 Å². The van der Waals surface area contributed by atoms with Crippen LogP contribution < -0.4 is 0 Å². The van der Waals surface area contributed by atoms with Gasteiger partial charge in [0.25, 0.3) is 0 Å². The molecule has 1 rings (SSSR count). The van der Waals surface area contributed by atoms with Gasteiger partial charge in [-0.15, -0.1) is 0 Å². The van der Waals surface area contributed by atoms with Gasteiger partial charge < -0.3 is 9.64 Å². The molecule has 0 N–H and O–H groups in total. The maximum absolute atomic E-state index is 12.1. The van der Waals surface area contributed by atoms with Gasteiger partial charge >= 0.3 is 5.97 Å². The SMILES string of the molecule is CC/C=C(\C)C(=O)N1CCCC(C(=O)OCC)C1. The molecule has 1 fully saturated rings. The Kier molecular flexibility index (Phi) is 5.89. The number of allylic oxidation sites excluding steroid dienone is 1. The van der Waals surface area contributed by atoms with E-state index >= 15 is 0 Å². The molecule has 1 aliphatic rings. The third-order valence-electron chi connectivity index (χ3n) is 3.18. The lowest BCUT2D eigenvalue weighted by Crippen LogP contribution is -2.43. The zero-order valence-electron chi connectivity index (χ0n) is 11.6. The average Bonchev–Trinajstić information content (AvgIpc) is 2.38. The quantitative estimate of drug-likeness (QED) is 0.569. The van der Waals surface area contributed by atoms with Gasteiger partial charge in [-0.25, -0.2) is 0 Å². The molecule has 1 unspecified atom stereocenters. The predicted molar refractivity (Wildman–Crippen MR) is 70.0 cm³/mol. The molecule has 1 atom stereocenters. The van der Waals surface area contributed by atoms with E-state index in [0.29, 0.717) is 13.2 Å². The lowest BCUT2D eigenvalue weighted by atomic mass is 9.97.